The normalized spacial score (nSPS) is 22.9. The Balaban J connectivity index is 1.69. The van der Waals surface area contributed by atoms with Crippen molar-refractivity contribution in [1.82, 2.24) is 19.7 Å². The summed E-state index contributed by atoms with van der Waals surface area (Å²) in [5.74, 6) is 1.16. The number of aromatic nitrogens is 3. The predicted octanol–water partition coefficient (Wildman–Crippen LogP) is 0.317. The maximum Gasteiger partial charge on any atom is 0.233 e. The van der Waals surface area contributed by atoms with Crippen molar-refractivity contribution < 1.29 is 17.9 Å². The van der Waals surface area contributed by atoms with Crippen molar-refractivity contribution in [2.45, 2.75) is 24.0 Å². The zero-order valence-corrected chi connectivity index (χ0v) is 15.6. The van der Waals surface area contributed by atoms with Crippen molar-refractivity contribution in [3.63, 3.8) is 0 Å². The molecule has 1 aromatic rings. The van der Waals surface area contributed by atoms with E-state index < -0.39 is 9.84 Å². The Kier molecular flexibility index (Phi) is 5.80. The van der Waals surface area contributed by atoms with E-state index in [0.29, 0.717) is 50.2 Å². The molecule has 0 unspecified atom stereocenters. The maximum absolute atomic E-state index is 12.3. The van der Waals surface area contributed by atoms with Gasteiger partial charge in [-0.1, -0.05) is 17.8 Å². The van der Waals surface area contributed by atoms with Gasteiger partial charge in [-0.15, -0.1) is 16.8 Å². The molecule has 138 valence electrons. The standard InChI is InChI=1S/C15H22N4O4S2/c1-2-4-19-14(12-3-9-25(21,22)11-12)16-17-15(19)24-10-13(20)18-5-7-23-8-6-18/h2,12H,1,3-11H2/t12-/m0/s1. The van der Waals surface area contributed by atoms with Crippen molar-refractivity contribution in [2.24, 2.45) is 0 Å². The summed E-state index contributed by atoms with van der Waals surface area (Å²) in [6.07, 6.45) is 2.29. The molecule has 2 fully saturated rings. The number of carbonyl (C=O) groups is 1. The Morgan fingerprint density at radius 3 is 2.76 bits per heavy atom. The van der Waals surface area contributed by atoms with E-state index in [0.717, 1.165) is 0 Å². The molecule has 1 amide bonds. The molecule has 8 nitrogen and oxygen atoms in total. The topological polar surface area (TPSA) is 94.4 Å². The van der Waals surface area contributed by atoms with E-state index in [2.05, 4.69) is 16.8 Å². The van der Waals surface area contributed by atoms with Gasteiger partial charge < -0.3 is 14.2 Å². The minimum Gasteiger partial charge on any atom is -0.378 e. The van der Waals surface area contributed by atoms with E-state index in [4.69, 9.17) is 4.74 Å². The molecule has 2 aliphatic heterocycles. The molecule has 0 aromatic carbocycles. The molecule has 0 radical (unpaired) electrons. The van der Waals surface area contributed by atoms with Crippen molar-refractivity contribution in [3.05, 3.63) is 18.5 Å². The summed E-state index contributed by atoms with van der Waals surface area (Å²) >= 11 is 1.33. The molecule has 2 saturated heterocycles. The lowest BCUT2D eigenvalue weighted by Gasteiger charge is -2.26. The first-order valence-electron chi connectivity index (χ1n) is 8.23. The Hall–Kier alpha value is -1.39. The molecular formula is C15H22N4O4S2. The lowest BCUT2D eigenvalue weighted by atomic mass is 10.1. The highest BCUT2D eigenvalue weighted by molar-refractivity contribution is 7.99. The number of hydrogen-bond acceptors (Lipinski definition) is 7. The van der Waals surface area contributed by atoms with Gasteiger partial charge in [0.2, 0.25) is 5.91 Å². The van der Waals surface area contributed by atoms with Crippen LogP contribution in [0.1, 0.15) is 18.2 Å². The number of amides is 1. The molecular weight excluding hydrogens is 364 g/mol. The second-order valence-electron chi connectivity index (χ2n) is 6.12. The zero-order valence-electron chi connectivity index (χ0n) is 14.0. The summed E-state index contributed by atoms with van der Waals surface area (Å²) in [6, 6.07) is 0. The zero-order chi connectivity index (χ0) is 17.9. The largest absolute Gasteiger partial charge is 0.378 e. The first-order chi connectivity index (χ1) is 12.0. The van der Waals surface area contributed by atoms with Crippen LogP contribution in [0.5, 0.6) is 0 Å². The maximum atomic E-state index is 12.3. The molecule has 0 spiro atoms. The SMILES string of the molecule is C=CCn1c(SCC(=O)N2CCOCC2)nnc1[C@H]1CCS(=O)(=O)C1. The summed E-state index contributed by atoms with van der Waals surface area (Å²) in [6.45, 7) is 6.62. The lowest BCUT2D eigenvalue weighted by molar-refractivity contribution is -0.132. The molecule has 0 bridgehead atoms. The van der Waals surface area contributed by atoms with E-state index in [1.54, 1.807) is 11.0 Å². The number of carbonyl (C=O) groups excluding carboxylic acids is 1. The molecule has 3 heterocycles. The third-order valence-electron chi connectivity index (χ3n) is 4.34. The number of rotatable bonds is 6. The van der Waals surface area contributed by atoms with Gasteiger partial charge in [0.15, 0.2) is 15.0 Å². The van der Waals surface area contributed by atoms with Crippen LogP contribution in [0.2, 0.25) is 0 Å². The quantitative estimate of drug-likeness (QED) is 0.513. The van der Waals surface area contributed by atoms with Gasteiger partial charge in [0, 0.05) is 25.6 Å². The fourth-order valence-corrected chi connectivity index (χ4v) is 5.64. The van der Waals surface area contributed by atoms with Crippen molar-refractivity contribution >= 4 is 27.5 Å². The molecule has 0 N–H and O–H groups in total. The van der Waals surface area contributed by atoms with Crippen LogP contribution >= 0.6 is 11.8 Å². The predicted molar refractivity (Wildman–Crippen MR) is 94.4 cm³/mol. The average molecular weight is 386 g/mol. The Morgan fingerprint density at radius 2 is 2.12 bits per heavy atom. The van der Waals surface area contributed by atoms with E-state index >= 15 is 0 Å². The second kappa shape index (κ2) is 7.88. The lowest BCUT2D eigenvalue weighted by Crippen LogP contribution is -2.41. The third-order valence-corrected chi connectivity index (χ3v) is 7.06. The fraction of sp³-hybridized carbons (Fsp3) is 0.667. The first kappa shape index (κ1) is 18.4. The van der Waals surface area contributed by atoms with Gasteiger partial charge in [-0.2, -0.15) is 0 Å². The van der Waals surface area contributed by atoms with E-state index in [-0.39, 0.29) is 29.1 Å². The average Bonchev–Trinajstić information content (AvgIpc) is 3.16. The van der Waals surface area contributed by atoms with E-state index in [1.165, 1.54) is 11.8 Å². The second-order valence-corrected chi connectivity index (χ2v) is 9.29. The summed E-state index contributed by atoms with van der Waals surface area (Å²) in [5.41, 5.74) is 0. The molecule has 0 saturated carbocycles. The molecule has 1 aromatic heterocycles. The monoisotopic (exact) mass is 386 g/mol. The van der Waals surface area contributed by atoms with Crippen LogP contribution in [0, 0.1) is 0 Å². The number of allylic oxidation sites excluding steroid dienone is 1. The van der Waals surface area contributed by atoms with Gasteiger partial charge >= 0.3 is 0 Å². The highest BCUT2D eigenvalue weighted by Gasteiger charge is 2.33. The molecule has 10 heteroatoms. The smallest absolute Gasteiger partial charge is 0.233 e. The Labute approximate surface area is 151 Å². The number of hydrogen-bond donors (Lipinski definition) is 0. The van der Waals surface area contributed by atoms with E-state index in [1.807, 2.05) is 4.57 Å². The first-order valence-corrected chi connectivity index (χ1v) is 11.0. The number of sulfone groups is 1. The van der Waals surface area contributed by atoms with Crippen LogP contribution in [0.3, 0.4) is 0 Å². The fourth-order valence-electron chi connectivity index (χ4n) is 3.04. The van der Waals surface area contributed by atoms with Gasteiger partial charge in [-0.05, 0) is 6.42 Å². The van der Waals surface area contributed by atoms with E-state index in [9.17, 15) is 13.2 Å². The van der Waals surface area contributed by atoms with Crippen molar-refractivity contribution in [2.75, 3.05) is 43.6 Å². The minimum absolute atomic E-state index is 0.0476. The number of morpholine rings is 1. The van der Waals surface area contributed by atoms with Crippen LogP contribution in [-0.2, 0) is 25.9 Å². The van der Waals surface area contributed by atoms with Crippen molar-refractivity contribution in [3.8, 4) is 0 Å². The number of thioether (sulfide) groups is 1. The molecule has 1 atom stereocenters. The molecule has 3 rings (SSSR count). The molecule has 2 aliphatic rings. The third kappa shape index (κ3) is 4.42. The van der Waals surface area contributed by atoms with Gasteiger partial charge in [0.1, 0.15) is 5.82 Å². The summed E-state index contributed by atoms with van der Waals surface area (Å²) < 4.78 is 30.6. The minimum atomic E-state index is -2.99. The van der Waals surface area contributed by atoms with Crippen molar-refractivity contribution in [1.29, 1.82) is 0 Å². The Morgan fingerprint density at radius 1 is 1.36 bits per heavy atom. The molecule has 25 heavy (non-hydrogen) atoms. The molecule has 0 aliphatic carbocycles. The van der Waals surface area contributed by atoms with Crippen LogP contribution in [0.15, 0.2) is 17.8 Å². The van der Waals surface area contributed by atoms with Gasteiger partial charge in [0.25, 0.3) is 0 Å². The summed E-state index contributed by atoms with van der Waals surface area (Å²) in [5, 5.41) is 9.02. The van der Waals surface area contributed by atoms with Gasteiger partial charge in [0.05, 0.1) is 30.5 Å². The Bertz CT molecular complexity index is 741. The summed E-state index contributed by atoms with van der Waals surface area (Å²) in [7, 11) is -2.99. The number of nitrogens with zero attached hydrogens (tertiary/aromatic N) is 4. The van der Waals surface area contributed by atoms with Gasteiger partial charge in [-0.3, -0.25) is 4.79 Å². The summed E-state index contributed by atoms with van der Waals surface area (Å²) in [4.78, 5) is 14.1. The highest BCUT2D eigenvalue weighted by atomic mass is 32.2. The van der Waals surface area contributed by atoms with Crippen LogP contribution in [-0.4, -0.2) is 77.6 Å². The number of ether oxygens (including phenoxy) is 1. The van der Waals surface area contributed by atoms with Crippen LogP contribution in [0.25, 0.3) is 0 Å². The van der Waals surface area contributed by atoms with Crippen LogP contribution < -0.4 is 0 Å². The highest BCUT2D eigenvalue weighted by Crippen LogP contribution is 2.30. The van der Waals surface area contributed by atoms with Gasteiger partial charge in [-0.25, -0.2) is 8.42 Å². The van der Waals surface area contributed by atoms with Crippen LogP contribution in [0.4, 0.5) is 0 Å².